The van der Waals surface area contributed by atoms with Crippen LogP contribution < -0.4 is 10.9 Å². The van der Waals surface area contributed by atoms with Crippen molar-refractivity contribution < 1.29 is 9.21 Å². The topological polar surface area (TPSA) is 101 Å². The lowest BCUT2D eigenvalue weighted by atomic mass is 10.1. The van der Waals surface area contributed by atoms with Crippen LogP contribution in [-0.2, 0) is 24.2 Å². The normalized spacial score (nSPS) is 13.0. The first-order chi connectivity index (χ1) is 13.7. The second-order valence-electron chi connectivity index (χ2n) is 6.68. The number of nitrogens with zero attached hydrogens (tertiary/aromatic N) is 3. The molecule has 1 aliphatic carbocycles. The van der Waals surface area contributed by atoms with Crippen LogP contribution in [0.2, 0.25) is 0 Å². The minimum absolute atomic E-state index is 0.129. The lowest BCUT2D eigenvalue weighted by Crippen LogP contribution is -2.27. The summed E-state index contributed by atoms with van der Waals surface area (Å²) in [4.78, 5) is 30.7. The summed E-state index contributed by atoms with van der Waals surface area (Å²) in [5.41, 5.74) is 2.37. The Labute approximate surface area is 162 Å². The van der Waals surface area contributed by atoms with E-state index in [1.54, 1.807) is 6.07 Å². The standard InChI is InChI=1S/C20H14N4O3S/c21-8-13-11-5-3-7-15(11)28-19(13)23-16(25)9-24-10-22-17-12-4-1-2-6-14(12)27-18(17)20(24)26/h1-2,4,6,10H,3,5,7,9H2,(H,23,25). The van der Waals surface area contributed by atoms with Crippen LogP contribution in [0, 0.1) is 11.3 Å². The van der Waals surface area contributed by atoms with Gasteiger partial charge in [0.25, 0.3) is 5.56 Å². The van der Waals surface area contributed by atoms with Crippen LogP contribution in [0.3, 0.4) is 0 Å². The first kappa shape index (κ1) is 16.7. The van der Waals surface area contributed by atoms with E-state index in [0.717, 1.165) is 35.1 Å². The van der Waals surface area contributed by atoms with Crippen molar-refractivity contribution in [2.45, 2.75) is 25.8 Å². The second kappa shape index (κ2) is 6.32. The Morgan fingerprint density at radius 3 is 3.07 bits per heavy atom. The molecule has 1 aliphatic rings. The molecule has 0 radical (unpaired) electrons. The summed E-state index contributed by atoms with van der Waals surface area (Å²) >= 11 is 1.45. The fraction of sp³-hybridized carbons (Fsp3) is 0.200. The molecule has 8 heteroatoms. The summed E-state index contributed by atoms with van der Waals surface area (Å²) in [7, 11) is 0. The average Bonchev–Trinajstić information content (AvgIpc) is 3.36. The van der Waals surface area contributed by atoms with Gasteiger partial charge in [0.05, 0.1) is 11.9 Å². The number of aromatic nitrogens is 2. The fourth-order valence-corrected chi connectivity index (χ4v) is 4.92. The van der Waals surface area contributed by atoms with Gasteiger partial charge in [0.15, 0.2) is 0 Å². The van der Waals surface area contributed by atoms with Crippen molar-refractivity contribution in [3.63, 3.8) is 0 Å². The Morgan fingerprint density at radius 1 is 1.36 bits per heavy atom. The second-order valence-corrected chi connectivity index (χ2v) is 7.78. The largest absolute Gasteiger partial charge is 0.448 e. The molecule has 138 valence electrons. The van der Waals surface area contributed by atoms with Gasteiger partial charge in [0.2, 0.25) is 11.5 Å². The first-order valence-corrected chi connectivity index (χ1v) is 9.68. The monoisotopic (exact) mass is 390 g/mol. The average molecular weight is 390 g/mol. The third-order valence-electron chi connectivity index (χ3n) is 4.95. The predicted octanol–water partition coefficient (Wildman–Crippen LogP) is 3.20. The van der Waals surface area contributed by atoms with E-state index >= 15 is 0 Å². The molecule has 0 saturated carbocycles. The molecule has 7 nitrogen and oxygen atoms in total. The number of aryl methyl sites for hydroxylation is 1. The van der Waals surface area contributed by atoms with E-state index in [2.05, 4.69) is 16.4 Å². The number of para-hydroxylation sites is 1. The molecule has 0 spiro atoms. The summed E-state index contributed by atoms with van der Waals surface area (Å²) in [6.07, 6.45) is 4.21. The smallest absolute Gasteiger partial charge is 0.297 e. The molecule has 3 aromatic heterocycles. The number of anilines is 1. The molecule has 1 aromatic carbocycles. The highest BCUT2D eigenvalue weighted by Gasteiger charge is 2.23. The number of nitrogens with one attached hydrogen (secondary N) is 1. The number of thiophene rings is 1. The van der Waals surface area contributed by atoms with E-state index in [1.807, 2.05) is 18.2 Å². The molecule has 3 heterocycles. The molecule has 0 unspecified atom stereocenters. The number of amides is 1. The van der Waals surface area contributed by atoms with E-state index in [0.29, 0.717) is 21.7 Å². The molecule has 0 aliphatic heterocycles. The number of benzene rings is 1. The molecule has 1 amide bonds. The van der Waals surface area contributed by atoms with Crippen molar-refractivity contribution in [2.24, 2.45) is 0 Å². The number of carbonyl (C=O) groups is 1. The zero-order chi connectivity index (χ0) is 19.3. The van der Waals surface area contributed by atoms with Crippen LogP contribution in [0.15, 0.2) is 39.8 Å². The Kier molecular flexibility index (Phi) is 3.77. The van der Waals surface area contributed by atoms with E-state index in [1.165, 1.54) is 22.2 Å². The molecule has 0 saturated heterocycles. The Morgan fingerprint density at radius 2 is 2.21 bits per heavy atom. The van der Waals surface area contributed by atoms with Crippen LogP contribution in [0.25, 0.3) is 22.1 Å². The lowest BCUT2D eigenvalue weighted by molar-refractivity contribution is -0.116. The van der Waals surface area contributed by atoms with Crippen LogP contribution >= 0.6 is 11.3 Å². The molecule has 4 aromatic rings. The number of carbonyl (C=O) groups excluding carboxylic acids is 1. The van der Waals surface area contributed by atoms with Gasteiger partial charge in [-0.05, 0) is 37.0 Å². The number of rotatable bonds is 3. The molecule has 1 N–H and O–H groups in total. The fourth-order valence-electron chi connectivity index (χ4n) is 3.66. The number of nitriles is 1. The molecule has 0 fully saturated rings. The molecular formula is C20H14N4O3S. The van der Waals surface area contributed by atoms with Crippen molar-refractivity contribution in [2.75, 3.05) is 5.32 Å². The van der Waals surface area contributed by atoms with Crippen molar-refractivity contribution in [3.05, 3.63) is 57.0 Å². The third kappa shape index (κ3) is 2.52. The van der Waals surface area contributed by atoms with Gasteiger partial charge in [-0.3, -0.25) is 14.2 Å². The van der Waals surface area contributed by atoms with Gasteiger partial charge in [0, 0.05) is 10.3 Å². The van der Waals surface area contributed by atoms with Crippen LogP contribution in [0.5, 0.6) is 0 Å². The van der Waals surface area contributed by atoms with Crippen molar-refractivity contribution in [1.82, 2.24) is 9.55 Å². The summed E-state index contributed by atoms with van der Waals surface area (Å²) < 4.78 is 6.85. The maximum Gasteiger partial charge on any atom is 0.297 e. The van der Waals surface area contributed by atoms with Gasteiger partial charge in [-0.25, -0.2) is 4.98 Å². The number of fused-ring (bicyclic) bond motifs is 4. The summed E-state index contributed by atoms with van der Waals surface area (Å²) in [6.45, 7) is -0.202. The number of furan rings is 1. The summed E-state index contributed by atoms with van der Waals surface area (Å²) in [5.74, 6) is -0.379. The third-order valence-corrected chi connectivity index (χ3v) is 6.16. The van der Waals surface area contributed by atoms with Crippen LogP contribution in [-0.4, -0.2) is 15.5 Å². The van der Waals surface area contributed by atoms with E-state index in [-0.39, 0.29) is 18.0 Å². The first-order valence-electron chi connectivity index (χ1n) is 8.87. The van der Waals surface area contributed by atoms with Crippen molar-refractivity contribution >= 4 is 44.3 Å². The highest BCUT2D eigenvalue weighted by Crippen LogP contribution is 2.38. The SMILES string of the molecule is N#Cc1c(NC(=O)Cn2cnc3c(oc4ccccc43)c2=O)sc2c1CCC2. The van der Waals surface area contributed by atoms with Gasteiger partial charge < -0.3 is 9.73 Å². The lowest BCUT2D eigenvalue weighted by Gasteiger charge is -2.06. The Hall–Kier alpha value is -3.44. The van der Waals surface area contributed by atoms with Crippen molar-refractivity contribution in [1.29, 1.82) is 5.26 Å². The van der Waals surface area contributed by atoms with Crippen LogP contribution in [0.4, 0.5) is 5.00 Å². The molecule has 28 heavy (non-hydrogen) atoms. The minimum Gasteiger partial charge on any atom is -0.448 e. The zero-order valence-electron chi connectivity index (χ0n) is 14.7. The predicted molar refractivity (Wildman–Crippen MR) is 105 cm³/mol. The minimum atomic E-state index is -0.412. The van der Waals surface area contributed by atoms with E-state index in [4.69, 9.17) is 4.42 Å². The maximum atomic E-state index is 12.7. The quantitative estimate of drug-likeness (QED) is 0.579. The molecule has 5 rings (SSSR count). The van der Waals surface area contributed by atoms with E-state index in [9.17, 15) is 14.9 Å². The Bertz CT molecular complexity index is 1360. The number of hydrogen-bond acceptors (Lipinski definition) is 6. The number of hydrogen-bond donors (Lipinski definition) is 1. The summed E-state index contributed by atoms with van der Waals surface area (Å²) in [5, 5.41) is 13.5. The molecular weight excluding hydrogens is 376 g/mol. The zero-order valence-corrected chi connectivity index (χ0v) is 15.5. The van der Waals surface area contributed by atoms with Gasteiger partial charge in [0.1, 0.15) is 28.7 Å². The Balaban J connectivity index is 1.45. The highest BCUT2D eigenvalue weighted by molar-refractivity contribution is 7.16. The molecule has 0 bridgehead atoms. The van der Waals surface area contributed by atoms with Gasteiger partial charge >= 0.3 is 0 Å². The van der Waals surface area contributed by atoms with E-state index < -0.39 is 5.56 Å². The van der Waals surface area contributed by atoms with Gasteiger partial charge in [-0.15, -0.1) is 11.3 Å². The summed E-state index contributed by atoms with van der Waals surface area (Å²) in [6, 6.07) is 9.48. The van der Waals surface area contributed by atoms with Gasteiger partial charge in [-0.2, -0.15) is 5.26 Å². The molecule has 0 atom stereocenters. The van der Waals surface area contributed by atoms with Crippen LogP contribution in [0.1, 0.15) is 22.4 Å². The van der Waals surface area contributed by atoms with Crippen molar-refractivity contribution in [3.8, 4) is 6.07 Å². The maximum absolute atomic E-state index is 12.7. The van der Waals surface area contributed by atoms with Gasteiger partial charge in [-0.1, -0.05) is 12.1 Å². The highest BCUT2D eigenvalue weighted by atomic mass is 32.1.